The third-order valence-corrected chi connectivity index (χ3v) is 4.19. The lowest BCUT2D eigenvalue weighted by Gasteiger charge is -2.08. The topological polar surface area (TPSA) is 84.5 Å². The maximum absolute atomic E-state index is 11.9. The van der Waals surface area contributed by atoms with Gasteiger partial charge in [0.2, 0.25) is 0 Å². The van der Waals surface area contributed by atoms with Crippen LogP contribution in [0.25, 0.3) is 0 Å². The molecule has 0 aromatic heterocycles. The zero-order valence-electron chi connectivity index (χ0n) is 14.0. The van der Waals surface area contributed by atoms with E-state index in [1.54, 1.807) is 42.1 Å². The fourth-order valence-corrected chi connectivity index (χ4v) is 2.54. The molecule has 0 atom stereocenters. The van der Waals surface area contributed by atoms with Gasteiger partial charge in [-0.25, -0.2) is 0 Å². The molecule has 0 heterocycles. The Kier molecular flexibility index (Phi) is 7.50. The van der Waals surface area contributed by atoms with Crippen molar-refractivity contribution in [1.29, 1.82) is 0 Å². The molecule has 0 aliphatic carbocycles. The molecule has 2 aromatic rings. The summed E-state index contributed by atoms with van der Waals surface area (Å²) >= 11 is 7.30. The molecule has 0 unspecified atom stereocenters. The van der Waals surface area contributed by atoms with Gasteiger partial charge in [-0.1, -0.05) is 17.7 Å². The number of benzene rings is 2. The summed E-state index contributed by atoms with van der Waals surface area (Å²) in [6.45, 7) is -0.768. The number of anilines is 1. The summed E-state index contributed by atoms with van der Waals surface area (Å²) in [4.78, 5) is 36.3. The second kappa shape index (κ2) is 9.84. The first-order valence-corrected chi connectivity index (χ1v) is 9.21. The Hall–Kier alpha value is -2.51. The molecule has 0 saturated heterocycles. The molecule has 6 nitrogen and oxygen atoms in total. The number of esters is 1. The van der Waals surface area contributed by atoms with E-state index in [4.69, 9.17) is 16.3 Å². The lowest BCUT2D eigenvalue weighted by Crippen LogP contribution is -2.32. The predicted molar refractivity (Wildman–Crippen MR) is 102 cm³/mol. The van der Waals surface area contributed by atoms with Crippen molar-refractivity contribution in [3.8, 4) is 0 Å². The Balaban J connectivity index is 1.73. The maximum atomic E-state index is 11.9. The third kappa shape index (κ3) is 6.42. The van der Waals surface area contributed by atoms with Gasteiger partial charge in [-0.05, 0) is 48.7 Å². The number of carbonyl (C=O) groups excluding carboxylic acids is 3. The van der Waals surface area contributed by atoms with Crippen molar-refractivity contribution in [3.63, 3.8) is 0 Å². The Morgan fingerprint density at radius 1 is 1.12 bits per heavy atom. The van der Waals surface area contributed by atoms with Gasteiger partial charge in [-0.2, -0.15) is 0 Å². The average molecular weight is 393 g/mol. The molecule has 0 fully saturated rings. The number of thioether (sulfide) groups is 1. The Bertz CT molecular complexity index is 796. The number of nitrogens with one attached hydrogen (secondary N) is 2. The summed E-state index contributed by atoms with van der Waals surface area (Å²) in [6.07, 6.45) is 1.93. The van der Waals surface area contributed by atoms with Crippen LogP contribution >= 0.6 is 23.4 Å². The SMILES string of the molecule is CSc1cccc(NC(=O)COC(=O)CNC(=O)c2ccc(Cl)cc2)c1. The fraction of sp³-hybridized carbons (Fsp3) is 0.167. The molecular formula is C18H17ClN2O4S. The van der Waals surface area contributed by atoms with Crippen molar-refractivity contribution in [2.24, 2.45) is 0 Å². The summed E-state index contributed by atoms with van der Waals surface area (Å²) in [5.41, 5.74) is 0.988. The first kappa shape index (κ1) is 19.8. The van der Waals surface area contributed by atoms with E-state index in [2.05, 4.69) is 10.6 Å². The number of hydrogen-bond donors (Lipinski definition) is 2. The van der Waals surface area contributed by atoms with Gasteiger partial charge in [0.05, 0.1) is 0 Å². The highest BCUT2D eigenvalue weighted by atomic mass is 35.5. The Morgan fingerprint density at radius 3 is 2.54 bits per heavy atom. The van der Waals surface area contributed by atoms with Crippen LogP contribution in [0.15, 0.2) is 53.4 Å². The zero-order chi connectivity index (χ0) is 18.9. The van der Waals surface area contributed by atoms with E-state index in [-0.39, 0.29) is 6.54 Å². The molecule has 0 spiro atoms. The van der Waals surface area contributed by atoms with Crippen LogP contribution in [0.4, 0.5) is 5.69 Å². The molecule has 0 aliphatic heterocycles. The van der Waals surface area contributed by atoms with E-state index in [1.165, 1.54) is 0 Å². The molecule has 2 rings (SSSR count). The second-order valence-electron chi connectivity index (χ2n) is 5.13. The van der Waals surface area contributed by atoms with Gasteiger partial charge < -0.3 is 15.4 Å². The lowest BCUT2D eigenvalue weighted by molar-refractivity contribution is -0.146. The summed E-state index contributed by atoms with van der Waals surface area (Å²) in [5, 5.41) is 5.56. The zero-order valence-corrected chi connectivity index (χ0v) is 15.5. The summed E-state index contributed by atoms with van der Waals surface area (Å²) in [5.74, 6) is -1.60. The van der Waals surface area contributed by atoms with Crippen LogP contribution < -0.4 is 10.6 Å². The summed E-state index contributed by atoms with van der Waals surface area (Å²) in [6, 6.07) is 13.5. The van der Waals surface area contributed by atoms with Crippen LogP contribution in [-0.4, -0.2) is 37.2 Å². The molecule has 2 N–H and O–H groups in total. The molecular weight excluding hydrogens is 376 g/mol. The van der Waals surface area contributed by atoms with Crippen molar-refractivity contribution in [2.45, 2.75) is 4.90 Å². The fourth-order valence-electron chi connectivity index (χ4n) is 1.95. The second-order valence-corrected chi connectivity index (χ2v) is 6.45. The molecule has 0 bridgehead atoms. The molecule has 2 amide bonds. The monoisotopic (exact) mass is 392 g/mol. The molecule has 136 valence electrons. The Labute approximate surface area is 160 Å². The predicted octanol–water partition coefficient (Wildman–Crippen LogP) is 2.97. The van der Waals surface area contributed by atoms with Crippen LogP contribution in [0.1, 0.15) is 10.4 Å². The van der Waals surface area contributed by atoms with E-state index in [0.29, 0.717) is 16.3 Å². The van der Waals surface area contributed by atoms with Gasteiger partial charge in [0.15, 0.2) is 6.61 Å². The van der Waals surface area contributed by atoms with Gasteiger partial charge >= 0.3 is 5.97 Å². The standard InChI is InChI=1S/C18H17ClN2O4S/c1-26-15-4-2-3-14(9-15)21-16(22)11-25-17(23)10-20-18(24)12-5-7-13(19)8-6-12/h2-9H,10-11H2,1H3,(H,20,24)(H,21,22). The minimum atomic E-state index is -0.708. The summed E-state index contributed by atoms with van der Waals surface area (Å²) < 4.78 is 4.85. The first-order valence-electron chi connectivity index (χ1n) is 7.61. The van der Waals surface area contributed by atoms with Crippen LogP contribution in [0, 0.1) is 0 Å². The number of ether oxygens (including phenoxy) is 1. The van der Waals surface area contributed by atoms with Gasteiger partial charge in [0.25, 0.3) is 11.8 Å². The number of rotatable bonds is 7. The van der Waals surface area contributed by atoms with Crippen molar-refractivity contribution < 1.29 is 19.1 Å². The average Bonchev–Trinajstić information content (AvgIpc) is 2.65. The molecule has 8 heteroatoms. The number of halogens is 1. The number of hydrogen-bond acceptors (Lipinski definition) is 5. The molecule has 0 radical (unpaired) electrons. The van der Waals surface area contributed by atoms with E-state index >= 15 is 0 Å². The quantitative estimate of drug-likeness (QED) is 0.559. The van der Waals surface area contributed by atoms with E-state index in [0.717, 1.165) is 4.90 Å². The van der Waals surface area contributed by atoms with Crippen LogP contribution in [0.2, 0.25) is 5.02 Å². The van der Waals surface area contributed by atoms with Crippen molar-refractivity contribution in [3.05, 3.63) is 59.1 Å². The maximum Gasteiger partial charge on any atom is 0.325 e. The molecule has 0 saturated carbocycles. The van der Waals surface area contributed by atoms with Crippen molar-refractivity contribution in [2.75, 3.05) is 24.7 Å². The third-order valence-electron chi connectivity index (χ3n) is 3.22. The molecule has 0 aliphatic rings. The van der Waals surface area contributed by atoms with Gasteiger partial charge in [-0.3, -0.25) is 14.4 Å². The van der Waals surface area contributed by atoms with Crippen molar-refractivity contribution >= 4 is 46.8 Å². The van der Waals surface area contributed by atoms with Crippen LogP contribution in [0.3, 0.4) is 0 Å². The van der Waals surface area contributed by atoms with Crippen molar-refractivity contribution in [1.82, 2.24) is 5.32 Å². The Morgan fingerprint density at radius 2 is 1.85 bits per heavy atom. The minimum Gasteiger partial charge on any atom is -0.454 e. The first-order chi connectivity index (χ1) is 12.5. The van der Waals surface area contributed by atoms with Gasteiger partial charge in [-0.15, -0.1) is 11.8 Å². The molecule has 26 heavy (non-hydrogen) atoms. The van der Waals surface area contributed by atoms with Gasteiger partial charge in [0, 0.05) is 21.2 Å². The summed E-state index contributed by atoms with van der Waals surface area (Å²) in [7, 11) is 0. The van der Waals surface area contributed by atoms with Crippen LogP contribution in [0.5, 0.6) is 0 Å². The highest BCUT2D eigenvalue weighted by Crippen LogP contribution is 2.18. The highest BCUT2D eigenvalue weighted by Gasteiger charge is 2.11. The highest BCUT2D eigenvalue weighted by molar-refractivity contribution is 7.98. The van der Waals surface area contributed by atoms with E-state index in [1.807, 2.05) is 24.5 Å². The smallest absolute Gasteiger partial charge is 0.325 e. The number of carbonyl (C=O) groups is 3. The largest absolute Gasteiger partial charge is 0.454 e. The van der Waals surface area contributed by atoms with Crippen LogP contribution in [-0.2, 0) is 14.3 Å². The minimum absolute atomic E-state index is 0.337. The number of amides is 2. The van der Waals surface area contributed by atoms with Gasteiger partial charge in [0.1, 0.15) is 6.54 Å². The normalized spacial score (nSPS) is 10.1. The van der Waals surface area contributed by atoms with E-state index in [9.17, 15) is 14.4 Å². The lowest BCUT2D eigenvalue weighted by atomic mass is 10.2. The van der Waals surface area contributed by atoms with E-state index < -0.39 is 24.4 Å². The molecule has 2 aromatic carbocycles.